The van der Waals surface area contributed by atoms with E-state index in [-0.39, 0.29) is 23.0 Å². The Labute approximate surface area is 221 Å². The molecule has 0 spiro atoms. The molecular formula is C24H31IN8O3. The minimum absolute atomic E-state index is 0.0823. The molecule has 1 aromatic carbocycles. The summed E-state index contributed by atoms with van der Waals surface area (Å²) in [6, 6.07) is 7.82. The molecule has 11 nitrogen and oxygen atoms in total. The highest BCUT2D eigenvalue weighted by atomic mass is 127. The molecule has 5 rings (SSSR count). The summed E-state index contributed by atoms with van der Waals surface area (Å²) in [6.45, 7) is 4.07. The normalized spacial score (nSPS) is 21.1. The first-order valence-electron chi connectivity index (χ1n) is 12.3. The van der Waals surface area contributed by atoms with Gasteiger partial charge < -0.3 is 20.4 Å². The third kappa shape index (κ3) is 5.06. The Hall–Kier alpha value is -2.71. The molecule has 5 N–H and O–H groups in total. The lowest BCUT2D eigenvalue weighted by Crippen LogP contribution is -2.59. The number of nitrogens with one attached hydrogen (secondary N) is 4. The van der Waals surface area contributed by atoms with Gasteiger partial charge in [0, 0.05) is 55.4 Å². The monoisotopic (exact) mass is 606 g/mol. The van der Waals surface area contributed by atoms with E-state index in [0.717, 1.165) is 55.4 Å². The van der Waals surface area contributed by atoms with Gasteiger partial charge in [-0.1, -0.05) is 34.7 Å². The highest BCUT2D eigenvalue weighted by Crippen LogP contribution is 2.29. The number of phenolic OH excluding ortho intramolecular Hbond substituents is 1. The number of likely N-dealkylation sites (tertiary alicyclic amines) is 1. The number of rotatable bonds is 7. The molecular weight excluding hydrogens is 575 g/mol. The van der Waals surface area contributed by atoms with Crippen LogP contribution in [0.15, 0.2) is 33.9 Å². The van der Waals surface area contributed by atoms with Crippen LogP contribution >= 0.6 is 22.6 Å². The largest absolute Gasteiger partial charge is 0.508 e. The van der Waals surface area contributed by atoms with Gasteiger partial charge in [0.15, 0.2) is 17.1 Å². The molecule has 0 unspecified atom stereocenters. The fourth-order valence-electron chi connectivity index (χ4n) is 5.59. The number of H-pyrrole nitrogens is 3. The average molecular weight is 606 g/mol. The van der Waals surface area contributed by atoms with Gasteiger partial charge in [-0.3, -0.25) is 24.6 Å². The Morgan fingerprint density at radius 3 is 2.56 bits per heavy atom. The van der Waals surface area contributed by atoms with Crippen LogP contribution in [0.1, 0.15) is 30.9 Å². The first-order chi connectivity index (χ1) is 17.5. The van der Waals surface area contributed by atoms with E-state index in [0.29, 0.717) is 35.7 Å². The van der Waals surface area contributed by atoms with Crippen molar-refractivity contribution in [1.82, 2.24) is 29.7 Å². The SMILES string of the molecule is N=C[C@H](c1ccc(O)cc1)N1CCC(N2CCN(c3nc4[nH]c(=O)[nH]c4[nH]c3=O)C[C@@H]2CCI)CC1. The number of phenols is 1. The molecule has 2 aliphatic rings. The maximum absolute atomic E-state index is 12.7. The van der Waals surface area contributed by atoms with Crippen LogP contribution in [0.2, 0.25) is 0 Å². The molecule has 2 atom stereocenters. The average Bonchev–Trinajstić information content (AvgIpc) is 3.24. The fraction of sp³-hybridized carbons (Fsp3) is 0.500. The Morgan fingerprint density at radius 2 is 1.86 bits per heavy atom. The molecule has 3 aromatic rings. The number of hydrogen-bond acceptors (Lipinski definition) is 8. The van der Waals surface area contributed by atoms with Crippen LogP contribution in [0, 0.1) is 5.41 Å². The summed E-state index contributed by atoms with van der Waals surface area (Å²) >= 11 is 2.42. The fourth-order valence-corrected chi connectivity index (χ4v) is 6.31. The Morgan fingerprint density at radius 1 is 1.11 bits per heavy atom. The smallest absolute Gasteiger partial charge is 0.326 e. The number of aromatic amines is 3. The highest BCUT2D eigenvalue weighted by Gasteiger charge is 2.35. The van der Waals surface area contributed by atoms with E-state index in [4.69, 9.17) is 5.41 Å². The molecule has 2 saturated heterocycles. The second-order valence-electron chi connectivity index (χ2n) is 9.48. The summed E-state index contributed by atoms with van der Waals surface area (Å²) in [6.07, 6.45) is 4.56. The van der Waals surface area contributed by atoms with Gasteiger partial charge >= 0.3 is 5.69 Å². The third-order valence-electron chi connectivity index (χ3n) is 7.39. The van der Waals surface area contributed by atoms with E-state index in [9.17, 15) is 14.7 Å². The van der Waals surface area contributed by atoms with Gasteiger partial charge in [-0.25, -0.2) is 9.78 Å². The van der Waals surface area contributed by atoms with Crippen molar-refractivity contribution in [2.24, 2.45) is 0 Å². The number of halogens is 1. The summed E-state index contributed by atoms with van der Waals surface area (Å²) in [5.74, 6) is 0.591. The van der Waals surface area contributed by atoms with Crippen LogP contribution in [0.4, 0.5) is 5.82 Å². The zero-order valence-electron chi connectivity index (χ0n) is 19.9. The van der Waals surface area contributed by atoms with Gasteiger partial charge in [0.25, 0.3) is 5.56 Å². The van der Waals surface area contributed by atoms with Crippen LogP contribution in [-0.2, 0) is 0 Å². The van der Waals surface area contributed by atoms with Crippen LogP contribution < -0.4 is 16.1 Å². The maximum Gasteiger partial charge on any atom is 0.326 e. The molecule has 12 heteroatoms. The van der Waals surface area contributed by atoms with Gasteiger partial charge in [0.1, 0.15) is 5.75 Å². The van der Waals surface area contributed by atoms with Crippen LogP contribution in [0.25, 0.3) is 11.3 Å². The summed E-state index contributed by atoms with van der Waals surface area (Å²) in [5.41, 5.74) is 1.03. The summed E-state index contributed by atoms with van der Waals surface area (Å²) in [4.78, 5) is 43.7. The minimum atomic E-state index is -0.389. The van der Waals surface area contributed by atoms with Crippen molar-refractivity contribution in [2.45, 2.75) is 37.4 Å². The number of anilines is 1. The number of aromatic nitrogens is 4. The molecule has 0 aliphatic carbocycles. The molecule has 0 amide bonds. The molecule has 36 heavy (non-hydrogen) atoms. The lowest BCUT2D eigenvalue weighted by atomic mass is 9.96. The first kappa shape index (κ1) is 25.0. The number of imidazole rings is 1. The number of piperidine rings is 1. The zero-order chi connectivity index (χ0) is 25.2. The molecule has 0 bridgehead atoms. The molecule has 192 valence electrons. The molecule has 0 radical (unpaired) electrons. The van der Waals surface area contributed by atoms with E-state index in [2.05, 4.69) is 52.3 Å². The minimum Gasteiger partial charge on any atom is -0.508 e. The van der Waals surface area contributed by atoms with Crippen molar-refractivity contribution in [3.63, 3.8) is 0 Å². The van der Waals surface area contributed by atoms with Crippen molar-refractivity contribution < 1.29 is 5.11 Å². The molecule has 2 aromatic heterocycles. The van der Waals surface area contributed by atoms with Crippen molar-refractivity contribution in [3.8, 4) is 5.75 Å². The number of alkyl halides is 1. The van der Waals surface area contributed by atoms with Gasteiger partial charge in [-0.2, -0.15) is 0 Å². The predicted octanol–water partition coefficient (Wildman–Crippen LogP) is 1.82. The summed E-state index contributed by atoms with van der Waals surface area (Å²) in [5, 5.41) is 17.6. The molecule has 0 saturated carbocycles. The maximum atomic E-state index is 12.7. The summed E-state index contributed by atoms with van der Waals surface area (Å²) < 4.78 is 1.02. The van der Waals surface area contributed by atoms with Crippen LogP contribution in [0.3, 0.4) is 0 Å². The van der Waals surface area contributed by atoms with Gasteiger partial charge in [0.05, 0.1) is 6.04 Å². The van der Waals surface area contributed by atoms with Crippen molar-refractivity contribution in [3.05, 3.63) is 50.7 Å². The van der Waals surface area contributed by atoms with Crippen LogP contribution in [-0.4, -0.2) is 90.3 Å². The number of aromatic hydroxyl groups is 1. The van der Waals surface area contributed by atoms with E-state index >= 15 is 0 Å². The lowest BCUT2D eigenvalue weighted by Gasteiger charge is -2.48. The van der Waals surface area contributed by atoms with Gasteiger partial charge in [0.2, 0.25) is 0 Å². The molecule has 2 aliphatic heterocycles. The second kappa shape index (κ2) is 10.7. The predicted molar refractivity (Wildman–Crippen MR) is 148 cm³/mol. The Balaban J connectivity index is 1.26. The lowest BCUT2D eigenvalue weighted by molar-refractivity contribution is 0.0586. The van der Waals surface area contributed by atoms with Crippen molar-refractivity contribution in [1.29, 1.82) is 5.41 Å². The molecule has 4 heterocycles. The number of hydrogen-bond donors (Lipinski definition) is 5. The third-order valence-corrected chi connectivity index (χ3v) is 8.01. The Bertz CT molecular complexity index is 1310. The van der Waals surface area contributed by atoms with Crippen molar-refractivity contribution >= 4 is 45.9 Å². The number of fused-ring (bicyclic) bond motifs is 1. The number of benzene rings is 1. The zero-order valence-corrected chi connectivity index (χ0v) is 22.1. The quantitative estimate of drug-likeness (QED) is 0.157. The van der Waals surface area contributed by atoms with Crippen molar-refractivity contribution in [2.75, 3.05) is 42.1 Å². The first-order valence-corrected chi connectivity index (χ1v) is 13.8. The topological polar surface area (TPSA) is 148 Å². The van der Waals surface area contributed by atoms with E-state index in [1.165, 1.54) is 6.21 Å². The standard InChI is InChI=1S/C24H31IN8O3/c25-8-5-17-14-32(22-23(35)28-21-20(27-22)29-24(36)30-21)11-12-33(17)16-6-9-31(10-7-16)19(13-26)15-1-3-18(34)4-2-15/h1-4,13,16-17,19,26,34H,5-12,14H2,(H3,27,28,29,30,35,36)/t17-,19+/m0/s1. The van der Waals surface area contributed by atoms with E-state index < -0.39 is 0 Å². The highest BCUT2D eigenvalue weighted by molar-refractivity contribution is 14.1. The number of piperazine rings is 1. The number of nitrogens with zero attached hydrogens (tertiary/aromatic N) is 4. The van der Waals surface area contributed by atoms with Gasteiger partial charge in [-0.05, 0) is 37.0 Å². The summed E-state index contributed by atoms with van der Waals surface area (Å²) in [7, 11) is 0. The van der Waals surface area contributed by atoms with Gasteiger partial charge in [-0.15, -0.1) is 0 Å². The van der Waals surface area contributed by atoms with E-state index in [1.807, 2.05) is 17.0 Å². The molecule has 2 fully saturated rings. The Kier molecular flexibility index (Phi) is 7.44. The van der Waals surface area contributed by atoms with Crippen LogP contribution in [0.5, 0.6) is 5.75 Å². The second-order valence-corrected chi connectivity index (χ2v) is 10.6. The van der Waals surface area contributed by atoms with E-state index in [1.54, 1.807) is 12.1 Å².